The maximum Gasteiger partial charge on any atom is 4.00 e. The summed E-state index contributed by atoms with van der Waals surface area (Å²) < 4.78 is 0. The molecule has 1 aromatic rings. The minimum atomic E-state index is 0. The molecule has 92 valence electrons. The maximum absolute atomic E-state index is 3.69. The van der Waals surface area contributed by atoms with Crippen LogP contribution >= 0.6 is 0 Å². The van der Waals surface area contributed by atoms with E-state index in [2.05, 4.69) is 31.1 Å². The van der Waals surface area contributed by atoms with Crippen molar-refractivity contribution in [1.29, 1.82) is 0 Å². The Balaban J connectivity index is -0.0000000637. The van der Waals surface area contributed by atoms with E-state index >= 15 is 0 Å². The molecule has 1 heterocycles. The van der Waals surface area contributed by atoms with Gasteiger partial charge in [0.2, 0.25) is 0 Å². The number of hydrogen-bond acceptors (Lipinski definition) is 2. The van der Waals surface area contributed by atoms with E-state index in [-0.39, 0.29) is 21.7 Å². The molecule has 0 aliphatic carbocycles. The molecule has 0 radical (unpaired) electrons. The molecule has 6 nitrogen and oxygen atoms in total. The predicted molar refractivity (Wildman–Crippen MR) is 65.7 cm³/mol. The van der Waals surface area contributed by atoms with Gasteiger partial charge in [0.1, 0.15) is 0 Å². The van der Waals surface area contributed by atoms with Crippen molar-refractivity contribution in [3.63, 3.8) is 0 Å². The van der Waals surface area contributed by atoms with Crippen molar-refractivity contribution < 1.29 is 21.7 Å². The second kappa shape index (κ2) is 29.3. The van der Waals surface area contributed by atoms with Crippen LogP contribution in [0.4, 0.5) is 0 Å². The number of rotatable bonds is 0. The summed E-state index contributed by atoms with van der Waals surface area (Å²) in [5.74, 6) is 0.731. The zero-order chi connectivity index (χ0) is 12.5. The summed E-state index contributed by atoms with van der Waals surface area (Å²) in [5.41, 5.74) is 0. The van der Waals surface area contributed by atoms with Crippen LogP contribution in [0.15, 0.2) is 6.33 Å². The molecule has 0 saturated carbocycles. The van der Waals surface area contributed by atoms with E-state index in [0.29, 0.717) is 0 Å². The average Bonchev–Trinajstić information content (AvgIpc) is 2.60. The van der Waals surface area contributed by atoms with Crippen molar-refractivity contribution in [2.75, 3.05) is 42.3 Å². The van der Waals surface area contributed by atoms with E-state index in [4.69, 9.17) is 0 Å². The van der Waals surface area contributed by atoms with Crippen LogP contribution in [0.1, 0.15) is 5.82 Å². The van der Waals surface area contributed by atoms with Gasteiger partial charge in [0.15, 0.2) is 0 Å². The Bertz CT molecular complexity index is 152. The number of aryl methyl sites for hydroxylation is 1. The Hall–Kier alpha value is -0.266. The number of aromatic nitrogens is 3. The summed E-state index contributed by atoms with van der Waals surface area (Å²) in [7, 11) is 10.5. The zero-order valence-electron chi connectivity index (χ0n) is 11.3. The molecule has 0 bridgehead atoms. The van der Waals surface area contributed by atoms with Crippen LogP contribution in [0.5, 0.6) is 0 Å². The first-order valence-corrected chi connectivity index (χ1v) is 4.35. The summed E-state index contributed by atoms with van der Waals surface area (Å²) in [4.78, 5) is 3.69. The Labute approximate surface area is 114 Å². The van der Waals surface area contributed by atoms with Crippen molar-refractivity contribution in [1.82, 2.24) is 15.2 Å². The molecule has 0 amide bonds. The molecule has 0 unspecified atom stereocenters. The van der Waals surface area contributed by atoms with E-state index in [1.54, 1.807) is 49.2 Å². The van der Waals surface area contributed by atoms with Gasteiger partial charge in [-0.3, -0.25) is 5.10 Å². The summed E-state index contributed by atoms with van der Waals surface area (Å²) in [6.07, 6.45) is 1.43. The van der Waals surface area contributed by atoms with Gasteiger partial charge in [-0.15, -0.1) is 0 Å². The van der Waals surface area contributed by atoms with E-state index in [9.17, 15) is 0 Å². The van der Waals surface area contributed by atoms with E-state index in [0.717, 1.165) is 5.82 Å². The smallest absolute Gasteiger partial charge is 0.668 e. The Morgan fingerprint density at radius 3 is 1.31 bits per heavy atom. The van der Waals surface area contributed by atoms with Crippen LogP contribution < -0.4 is 5.10 Å². The van der Waals surface area contributed by atoms with Crippen molar-refractivity contribution in [3.05, 3.63) is 28.1 Å². The first-order valence-electron chi connectivity index (χ1n) is 4.35. The Kier molecular flexibility index (Phi) is 45.5. The Morgan fingerprint density at radius 2 is 1.25 bits per heavy atom. The van der Waals surface area contributed by atoms with Gasteiger partial charge in [-0.2, -0.15) is 42.3 Å². The fourth-order valence-corrected chi connectivity index (χ4v) is 0.245. The summed E-state index contributed by atoms with van der Waals surface area (Å²) in [6, 6.07) is 0. The SMILES string of the molecule is C[N-]C.C[N-]C.C[N-]C.Cc1nc[n-]n1.[Ti+4]. The van der Waals surface area contributed by atoms with Crippen LogP contribution in [-0.4, -0.2) is 52.4 Å². The second-order valence-electron chi connectivity index (χ2n) is 2.35. The molecule has 16 heavy (non-hydrogen) atoms. The van der Waals surface area contributed by atoms with Gasteiger partial charge in [0.05, 0.1) is 0 Å². The summed E-state index contributed by atoms with van der Waals surface area (Å²) >= 11 is 0. The van der Waals surface area contributed by atoms with Crippen molar-refractivity contribution in [2.24, 2.45) is 0 Å². The molecule has 0 aliphatic heterocycles. The molecule has 0 aromatic carbocycles. The molecule has 0 saturated heterocycles. The van der Waals surface area contributed by atoms with Gasteiger partial charge in [0.25, 0.3) is 0 Å². The molecular weight excluding hydrogens is 240 g/mol. The van der Waals surface area contributed by atoms with Crippen molar-refractivity contribution in [2.45, 2.75) is 6.92 Å². The normalized spacial score (nSPS) is 6.69. The fraction of sp³-hybridized carbons (Fsp3) is 0.778. The van der Waals surface area contributed by atoms with Crippen molar-refractivity contribution in [3.8, 4) is 0 Å². The number of hydrogen-bond donors (Lipinski definition) is 0. The van der Waals surface area contributed by atoms with Gasteiger partial charge >= 0.3 is 21.7 Å². The van der Waals surface area contributed by atoms with Crippen molar-refractivity contribution >= 4 is 0 Å². The first-order chi connectivity index (χ1) is 7.14. The third kappa shape index (κ3) is 49.1. The minimum absolute atomic E-state index is 0. The Morgan fingerprint density at radius 1 is 0.938 bits per heavy atom. The largest absolute Gasteiger partial charge is 4.00 e. The van der Waals surface area contributed by atoms with Gasteiger partial charge in [-0.25, -0.2) is 0 Å². The van der Waals surface area contributed by atoms with Crippen LogP contribution in [0.2, 0.25) is 0 Å². The van der Waals surface area contributed by atoms with Gasteiger partial charge in [-0.05, 0) is 6.92 Å². The fourth-order valence-electron chi connectivity index (χ4n) is 0.245. The molecule has 0 aliphatic rings. The van der Waals surface area contributed by atoms with Crippen LogP contribution in [0.25, 0.3) is 16.0 Å². The number of nitrogens with zero attached hydrogens (tertiary/aromatic N) is 6. The van der Waals surface area contributed by atoms with Gasteiger partial charge < -0.3 is 26.0 Å². The topological polar surface area (TPSA) is 82.2 Å². The van der Waals surface area contributed by atoms with Crippen LogP contribution in [0.3, 0.4) is 0 Å². The quantitative estimate of drug-likeness (QED) is 0.666. The third-order valence-electron chi connectivity index (χ3n) is 0.499. The van der Waals surface area contributed by atoms with Crippen LogP contribution in [0, 0.1) is 6.92 Å². The van der Waals surface area contributed by atoms with E-state index in [1.165, 1.54) is 6.33 Å². The molecular formula is C9H22N6Ti. The van der Waals surface area contributed by atoms with E-state index < -0.39 is 0 Å². The van der Waals surface area contributed by atoms with Crippen LogP contribution in [-0.2, 0) is 21.7 Å². The minimum Gasteiger partial charge on any atom is -0.668 e. The third-order valence-corrected chi connectivity index (χ3v) is 0.499. The summed E-state index contributed by atoms with van der Waals surface area (Å²) in [6.45, 7) is 1.80. The van der Waals surface area contributed by atoms with Gasteiger partial charge in [-0.1, -0.05) is 6.33 Å². The molecule has 1 aromatic heterocycles. The first kappa shape index (κ1) is 24.8. The zero-order valence-corrected chi connectivity index (χ0v) is 12.8. The maximum atomic E-state index is 3.69. The molecule has 0 N–H and O–H groups in total. The second-order valence-corrected chi connectivity index (χ2v) is 2.35. The standard InChI is InChI=1S/C3H4N3.3C2H6N.Ti/c1-3-4-2-5-6-3;3*1-3-2;/h2H,1H3;3*1-2H3;/q4*-1;+4. The molecule has 7 heteroatoms. The van der Waals surface area contributed by atoms with Gasteiger partial charge in [0, 0.05) is 5.82 Å². The summed E-state index contributed by atoms with van der Waals surface area (Å²) in [5, 5.41) is 17.5. The predicted octanol–water partition coefficient (Wildman–Crippen LogP) is 1.60. The molecule has 0 atom stereocenters. The van der Waals surface area contributed by atoms with E-state index in [1.807, 2.05) is 0 Å². The molecule has 0 spiro atoms. The molecule has 0 fully saturated rings. The monoisotopic (exact) mass is 262 g/mol. The molecule has 1 rings (SSSR count). The average molecular weight is 262 g/mol.